The van der Waals surface area contributed by atoms with Crippen LogP contribution in [0.5, 0.6) is 5.75 Å². The minimum absolute atomic E-state index is 0.109. The van der Waals surface area contributed by atoms with Crippen molar-refractivity contribution >= 4 is 15.9 Å². The molecular weight excluding hydrogens is 328 g/mol. The number of sulfonamides is 1. The van der Waals surface area contributed by atoms with E-state index in [1.54, 1.807) is 19.1 Å². The standard InChI is InChI=1S/C17H28N2O4S/c1-4-6-7-8-13-18-17(20)16(5-2)19-24(21,22)15-11-9-14(23-3)10-12-15/h9-12,16,19H,4-8,13H2,1-3H3,(H,18,20)/t16-/m1/s1. The highest BCUT2D eigenvalue weighted by atomic mass is 32.2. The van der Waals surface area contributed by atoms with E-state index >= 15 is 0 Å². The number of benzene rings is 1. The lowest BCUT2D eigenvalue weighted by Crippen LogP contribution is -2.46. The number of carbonyl (C=O) groups excluding carboxylic acids is 1. The van der Waals surface area contributed by atoms with Crippen molar-refractivity contribution in [2.75, 3.05) is 13.7 Å². The van der Waals surface area contributed by atoms with E-state index in [0.29, 0.717) is 18.7 Å². The highest BCUT2D eigenvalue weighted by Crippen LogP contribution is 2.16. The fraction of sp³-hybridized carbons (Fsp3) is 0.588. The highest BCUT2D eigenvalue weighted by Gasteiger charge is 2.24. The van der Waals surface area contributed by atoms with E-state index in [2.05, 4.69) is 17.0 Å². The maximum Gasteiger partial charge on any atom is 0.241 e. The predicted molar refractivity (Wildman–Crippen MR) is 94.5 cm³/mol. The summed E-state index contributed by atoms with van der Waals surface area (Å²) in [6.07, 6.45) is 4.62. The molecule has 136 valence electrons. The van der Waals surface area contributed by atoms with Crippen LogP contribution in [0.2, 0.25) is 0 Å². The van der Waals surface area contributed by atoms with E-state index in [4.69, 9.17) is 4.74 Å². The summed E-state index contributed by atoms with van der Waals surface area (Å²) in [6.45, 7) is 4.47. The quantitative estimate of drug-likeness (QED) is 0.597. The summed E-state index contributed by atoms with van der Waals surface area (Å²) < 4.78 is 32.3. The molecule has 0 aliphatic rings. The number of carbonyl (C=O) groups is 1. The molecule has 1 aromatic rings. The van der Waals surface area contributed by atoms with E-state index in [1.165, 1.54) is 19.2 Å². The third kappa shape index (κ3) is 6.49. The van der Waals surface area contributed by atoms with Crippen LogP contribution in [-0.2, 0) is 14.8 Å². The maximum absolute atomic E-state index is 12.4. The summed E-state index contributed by atoms with van der Waals surface area (Å²) in [5.74, 6) is 0.289. The van der Waals surface area contributed by atoms with Crippen molar-refractivity contribution in [1.29, 1.82) is 0 Å². The van der Waals surface area contributed by atoms with Crippen LogP contribution in [0.15, 0.2) is 29.2 Å². The summed E-state index contributed by atoms with van der Waals surface area (Å²) in [4.78, 5) is 12.3. The molecule has 0 aliphatic heterocycles. The molecule has 6 nitrogen and oxygen atoms in total. The zero-order valence-corrected chi connectivity index (χ0v) is 15.5. The molecule has 0 saturated heterocycles. The number of hydrogen-bond acceptors (Lipinski definition) is 4. The van der Waals surface area contributed by atoms with Gasteiger partial charge < -0.3 is 10.1 Å². The first-order valence-corrected chi connectivity index (χ1v) is 9.87. The Morgan fingerprint density at radius 1 is 1.12 bits per heavy atom. The molecule has 0 unspecified atom stereocenters. The lowest BCUT2D eigenvalue weighted by atomic mass is 10.2. The SMILES string of the molecule is CCCCCCNC(=O)[C@@H](CC)NS(=O)(=O)c1ccc(OC)cc1. The first-order chi connectivity index (χ1) is 11.4. The van der Waals surface area contributed by atoms with Crippen LogP contribution in [0, 0.1) is 0 Å². The fourth-order valence-electron chi connectivity index (χ4n) is 2.22. The minimum Gasteiger partial charge on any atom is -0.497 e. The highest BCUT2D eigenvalue weighted by molar-refractivity contribution is 7.89. The fourth-order valence-corrected chi connectivity index (χ4v) is 3.50. The van der Waals surface area contributed by atoms with E-state index in [9.17, 15) is 13.2 Å². The number of nitrogens with one attached hydrogen (secondary N) is 2. The van der Waals surface area contributed by atoms with Crippen molar-refractivity contribution in [2.24, 2.45) is 0 Å². The first-order valence-electron chi connectivity index (χ1n) is 8.38. The van der Waals surface area contributed by atoms with Crippen LogP contribution in [-0.4, -0.2) is 34.0 Å². The van der Waals surface area contributed by atoms with Crippen molar-refractivity contribution in [2.45, 2.75) is 56.9 Å². The molecule has 0 bridgehead atoms. The summed E-state index contributed by atoms with van der Waals surface area (Å²) in [7, 11) is -2.23. The Labute approximate surface area is 145 Å². The predicted octanol–water partition coefficient (Wildman–Crippen LogP) is 2.45. The number of amides is 1. The molecule has 0 radical (unpaired) electrons. The number of ether oxygens (including phenoxy) is 1. The lowest BCUT2D eigenvalue weighted by molar-refractivity contribution is -0.122. The van der Waals surface area contributed by atoms with Gasteiger partial charge in [0.15, 0.2) is 0 Å². The normalized spacial score (nSPS) is 12.6. The van der Waals surface area contributed by atoms with Crippen molar-refractivity contribution in [3.05, 3.63) is 24.3 Å². The smallest absolute Gasteiger partial charge is 0.241 e. The second-order valence-corrected chi connectivity index (χ2v) is 7.32. The van der Waals surface area contributed by atoms with Crippen molar-refractivity contribution in [3.63, 3.8) is 0 Å². The molecule has 0 heterocycles. The van der Waals surface area contributed by atoms with Crippen LogP contribution < -0.4 is 14.8 Å². The molecule has 1 amide bonds. The summed E-state index contributed by atoms with van der Waals surface area (Å²) >= 11 is 0. The van der Waals surface area contributed by atoms with Gasteiger partial charge in [-0.2, -0.15) is 4.72 Å². The van der Waals surface area contributed by atoms with Gasteiger partial charge in [0.2, 0.25) is 15.9 Å². The molecular formula is C17H28N2O4S. The molecule has 0 fully saturated rings. The number of unbranched alkanes of at least 4 members (excludes halogenated alkanes) is 3. The Balaban J connectivity index is 2.62. The monoisotopic (exact) mass is 356 g/mol. The van der Waals surface area contributed by atoms with Gasteiger partial charge in [-0.05, 0) is 37.1 Å². The topological polar surface area (TPSA) is 84.5 Å². The van der Waals surface area contributed by atoms with E-state index in [0.717, 1.165) is 25.7 Å². The van der Waals surface area contributed by atoms with Crippen molar-refractivity contribution in [1.82, 2.24) is 10.0 Å². The molecule has 0 aliphatic carbocycles. The minimum atomic E-state index is -3.75. The second kappa shape index (κ2) is 10.3. The first kappa shape index (κ1) is 20.4. The Bertz CT molecular complexity index is 600. The van der Waals surface area contributed by atoms with Crippen LogP contribution in [0.1, 0.15) is 46.0 Å². The Morgan fingerprint density at radius 3 is 2.33 bits per heavy atom. The number of rotatable bonds is 11. The van der Waals surface area contributed by atoms with Gasteiger partial charge in [-0.25, -0.2) is 8.42 Å². The van der Waals surface area contributed by atoms with Gasteiger partial charge in [0.25, 0.3) is 0 Å². The molecule has 1 atom stereocenters. The van der Waals surface area contributed by atoms with Gasteiger partial charge in [-0.1, -0.05) is 33.1 Å². The molecule has 1 aromatic carbocycles. The average molecular weight is 356 g/mol. The zero-order chi connectivity index (χ0) is 18.0. The molecule has 24 heavy (non-hydrogen) atoms. The largest absolute Gasteiger partial charge is 0.497 e. The number of hydrogen-bond donors (Lipinski definition) is 2. The summed E-state index contributed by atoms with van der Waals surface area (Å²) in [5, 5.41) is 2.80. The third-order valence-corrected chi connectivity index (χ3v) is 5.21. The average Bonchev–Trinajstić information content (AvgIpc) is 2.59. The molecule has 1 rings (SSSR count). The van der Waals surface area contributed by atoms with E-state index < -0.39 is 16.1 Å². The molecule has 0 saturated carbocycles. The van der Waals surface area contributed by atoms with Crippen molar-refractivity contribution in [3.8, 4) is 5.75 Å². The van der Waals surface area contributed by atoms with Gasteiger partial charge in [0, 0.05) is 6.54 Å². The van der Waals surface area contributed by atoms with Gasteiger partial charge in [0.1, 0.15) is 11.8 Å². The van der Waals surface area contributed by atoms with Crippen molar-refractivity contribution < 1.29 is 17.9 Å². The zero-order valence-electron chi connectivity index (χ0n) is 14.7. The van der Waals surface area contributed by atoms with Crippen LogP contribution in [0.3, 0.4) is 0 Å². The van der Waals surface area contributed by atoms with E-state index in [1.807, 2.05) is 0 Å². The van der Waals surface area contributed by atoms with Crippen LogP contribution in [0.4, 0.5) is 0 Å². The molecule has 7 heteroatoms. The molecule has 0 aromatic heterocycles. The maximum atomic E-state index is 12.4. The van der Waals surface area contributed by atoms with Crippen LogP contribution in [0.25, 0.3) is 0 Å². The van der Waals surface area contributed by atoms with Gasteiger partial charge >= 0.3 is 0 Å². The second-order valence-electron chi connectivity index (χ2n) is 5.61. The molecule has 0 spiro atoms. The van der Waals surface area contributed by atoms with E-state index in [-0.39, 0.29) is 10.8 Å². The Hall–Kier alpha value is -1.60. The Morgan fingerprint density at radius 2 is 1.79 bits per heavy atom. The molecule has 2 N–H and O–H groups in total. The van der Waals surface area contributed by atoms with Crippen LogP contribution >= 0.6 is 0 Å². The van der Waals surface area contributed by atoms with Gasteiger partial charge in [-0.3, -0.25) is 4.79 Å². The summed E-state index contributed by atoms with van der Waals surface area (Å²) in [6, 6.07) is 5.28. The summed E-state index contributed by atoms with van der Waals surface area (Å²) in [5.41, 5.74) is 0. The van der Waals surface area contributed by atoms with Gasteiger partial charge in [0.05, 0.1) is 12.0 Å². The third-order valence-electron chi connectivity index (χ3n) is 3.72. The van der Waals surface area contributed by atoms with Gasteiger partial charge in [-0.15, -0.1) is 0 Å². The Kier molecular flexibility index (Phi) is 8.78. The lowest BCUT2D eigenvalue weighted by Gasteiger charge is -2.17. The number of methoxy groups -OCH3 is 1.